The third kappa shape index (κ3) is 3.10. The summed E-state index contributed by atoms with van der Waals surface area (Å²) in [5.41, 5.74) is 2.39. The van der Waals surface area contributed by atoms with E-state index in [1.54, 1.807) is 6.07 Å². The molecule has 0 bridgehead atoms. The molecule has 0 atom stereocenters. The molecule has 0 spiro atoms. The number of halogens is 1. The fraction of sp³-hybridized carbons (Fsp3) is 0.190. The minimum Gasteiger partial charge on any atom is -0.495 e. The highest BCUT2D eigenvalue weighted by atomic mass is 79.9. The predicted molar refractivity (Wildman–Crippen MR) is 106 cm³/mol. The smallest absolute Gasteiger partial charge is 0.341 e. The summed E-state index contributed by atoms with van der Waals surface area (Å²) in [6, 6.07) is 13.7. The molecule has 0 saturated heterocycles. The van der Waals surface area contributed by atoms with Gasteiger partial charge in [0.1, 0.15) is 24.5 Å². The van der Waals surface area contributed by atoms with E-state index in [1.807, 2.05) is 36.4 Å². The van der Waals surface area contributed by atoms with E-state index in [0.29, 0.717) is 24.5 Å². The van der Waals surface area contributed by atoms with Gasteiger partial charge in [-0.3, -0.25) is 0 Å². The van der Waals surface area contributed by atoms with Gasteiger partial charge in [0, 0.05) is 0 Å². The van der Waals surface area contributed by atoms with Gasteiger partial charge in [-0.25, -0.2) is 4.79 Å². The standard InChI is InChI=1S/C21H17BrO5/c1-24-20-16(21(23)25-2)10-14-9-12(3-5-15(14)19(20)22)13-4-6-17-18(11-13)27-8-7-26-17/h3-6,9-11H,7-8H2,1-2H3. The average Bonchev–Trinajstić information content (AvgIpc) is 2.72. The number of ether oxygens (including phenoxy) is 4. The monoisotopic (exact) mass is 428 g/mol. The number of hydrogen-bond acceptors (Lipinski definition) is 5. The summed E-state index contributed by atoms with van der Waals surface area (Å²) in [5, 5.41) is 1.84. The minimum atomic E-state index is -0.445. The second-order valence-electron chi connectivity index (χ2n) is 6.06. The molecule has 3 aromatic carbocycles. The first-order valence-electron chi connectivity index (χ1n) is 8.41. The molecular formula is C21H17BrO5. The highest BCUT2D eigenvalue weighted by Gasteiger charge is 2.19. The van der Waals surface area contributed by atoms with E-state index in [9.17, 15) is 4.79 Å². The first-order chi connectivity index (χ1) is 13.1. The van der Waals surface area contributed by atoms with Crippen LogP contribution in [0.25, 0.3) is 21.9 Å². The summed E-state index contributed by atoms with van der Waals surface area (Å²) in [4.78, 5) is 12.2. The van der Waals surface area contributed by atoms with Gasteiger partial charge >= 0.3 is 5.97 Å². The first kappa shape index (κ1) is 17.7. The van der Waals surface area contributed by atoms with Crippen molar-refractivity contribution in [3.8, 4) is 28.4 Å². The van der Waals surface area contributed by atoms with Crippen LogP contribution in [0.5, 0.6) is 17.2 Å². The predicted octanol–water partition coefficient (Wildman–Crippen LogP) is 4.84. The molecular weight excluding hydrogens is 412 g/mol. The Labute approximate surface area is 164 Å². The SMILES string of the molecule is COC(=O)c1cc2cc(-c3ccc4c(c3)OCCO4)ccc2c(Br)c1OC. The van der Waals surface area contributed by atoms with Crippen molar-refractivity contribution >= 4 is 32.7 Å². The molecule has 4 rings (SSSR count). The summed E-state index contributed by atoms with van der Waals surface area (Å²) in [7, 11) is 2.88. The van der Waals surface area contributed by atoms with Gasteiger partial charge in [-0.15, -0.1) is 0 Å². The third-order valence-corrected chi connectivity index (χ3v) is 5.30. The number of esters is 1. The molecule has 3 aromatic rings. The van der Waals surface area contributed by atoms with Gasteiger partial charge < -0.3 is 18.9 Å². The lowest BCUT2D eigenvalue weighted by atomic mass is 9.99. The van der Waals surface area contributed by atoms with Crippen LogP contribution in [0.2, 0.25) is 0 Å². The van der Waals surface area contributed by atoms with E-state index in [0.717, 1.165) is 37.9 Å². The van der Waals surface area contributed by atoms with Gasteiger partial charge in [-0.2, -0.15) is 0 Å². The Morgan fingerprint density at radius 2 is 1.67 bits per heavy atom. The average molecular weight is 429 g/mol. The van der Waals surface area contributed by atoms with Crippen molar-refractivity contribution in [3.05, 3.63) is 52.5 Å². The molecule has 0 saturated carbocycles. The normalized spacial score (nSPS) is 12.7. The minimum absolute atomic E-state index is 0.374. The number of hydrogen-bond donors (Lipinski definition) is 0. The van der Waals surface area contributed by atoms with Crippen molar-refractivity contribution in [2.75, 3.05) is 27.4 Å². The number of carbonyl (C=O) groups is 1. The van der Waals surface area contributed by atoms with E-state index >= 15 is 0 Å². The third-order valence-electron chi connectivity index (χ3n) is 4.52. The maximum Gasteiger partial charge on any atom is 0.341 e. The van der Waals surface area contributed by atoms with Gasteiger partial charge in [-0.1, -0.05) is 18.2 Å². The van der Waals surface area contributed by atoms with Crippen LogP contribution < -0.4 is 14.2 Å². The Bertz CT molecular complexity index is 1040. The molecule has 6 heteroatoms. The Balaban J connectivity index is 1.85. The van der Waals surface area contributed by atoms with E-state index < -0.39 is 5.97 Å². The van der Waals surface area contributed by atoms with Crippen LogP contribution in [-0.4, -0.2) is 33.4 Å². The summed E-state index contributed by atoms with van der Waals surface area (Å²) in [5.74, 6) is 1.51. The largest absolute Gasteiger partial charge is 0.495 e. The second kappa shape index (κ2) is 7.12. The maximum atomic E-state index is 12.2. The molecule has 0 radical (unpaired) electrons. The summed E-state index contributed by atoms with van der Waals surface area (Å²) in [6.07, 6.45) is 0. The Morgan fingerprint density at radius 3 is 2.41 bits per heavy atom. The molecule has 0 aliphatic carbocycles. The van der Waals surface area contributed by atoms with E-state index in [-0.39, 0.29) is 0 Å². The number of rotatable bonds is 3. The quantitative estimate of drug-likeness (QED) is 0.558. The molecule has 0 unspecified atom stereocenters. The van der Waals surface area contributed by atoms with Gasteiger partial charge in [-0.05, 0) is 62.1 Å². The van der Waals surface area contributed by atoms with Crippen molar-refractivity contribution in [2.24, 2.45) is 0 Å². The van der Waals surface area contributed by atoms with Gasteiger partial charge in [0.05, 0.1) is 18.7 Å². The fourth-order valence-corrected chi connectivity index (χ4v) is 3.94. The molecule has 0 amide bonds. The molecule has 1 aliphatic heterocycles. The van der Waals surface area contributed by atoms with Crippen LogP contribution in [0, 0.1) is 0 Å². The zero-order valence-corrected chi connectivity index (χ0v) is 16.5. The van der Waals surface area contributed by atoms with Gasteiger partial charge in [0.25, 0.3) is 0 Å². The number of carbonyl (C=O) groups excluding carboxylic acids is 1. The molecule has 27 heavy (non-hydrogen) atoms. The van der Waals surface area contributed by atoms with Crippen molar-refractivity contribution < 1.29 is 23.7 Å². The molecule has 5 nitrogen and oxygen atoms in total. The van der Waals surface area contributed by atoms with Crippen molar-refractivity contribution in [1.29, 1.82) is 0 Å². The number of benzene rings is 3. The van der Waals surface area contributed by atoms with Crippen LogP contribution in [0.3, 0.4) is 0 Å². The molecule has 0 N–H and O–H groups in total. The Morgan fingerprint density at radius 1 is 0.963 bits per heavy atom. The van der Waals surface area contributed by atoms with Crippen LogP contribution in [0.15, 0.2) is 46.9 Å². The molecule has 1 heterocycles. The highest BCUT2D eigenvalue weighted by Crippen LogP contribution is 2.40. The lowest BCUT2D eigenvalue weighted by molar-refractivity contribution is 0.0597. The lowest BCUT2D eigenvalue weighted by Crippen LogP contribution is -2.15. The fourth-order valence-electron chi connectivity index (χ4n) is 3.21. The summed E-state index contributed by atoms with van der Waals surface area (Å²) in [6.45, 7) is 1.11. The zero-order chi connectivity index (χ0) is 19.0. The van der Waals surface area contributed by atoms with E-state index in [2.05, 4.69) is 15.9 Å². The second-order valence-corrected chi connectivity index (χ2v) is 6.85. The van der Waals surface area contributed by atoms with Crippen LogP contribution in [0.1, 0.15) is 10.4 Å². The van der Waals surface area contributed by atoms with Crippen LogP contribution in [-0.2, 0) is 4.74 Å². The number of methoxy groups -OCH3 is 2. The first-order valence-corrected chi connectivity index (χ1v) is 9.20. The van der Waals surface area contributed by atoms with E-state index in [1.165, 1.54) is 14.2 Å². The molecule has 0 fully saturated rings. The highest BCUT2D eigenvalue weighted by molar-refractivity contribution is 9.10. The summed E-state index contributed by atoms with van der Waals surface area (Å²) < 4.78 is 22.3. The number of fused-ring (bicyclic) bond motifs is 2. The van der Waals surface area contributed by atoms with Gasteiger partial charge in [0.2, 0.25) is 0 Å². The molecule has 1 aliphatic rings. The van der Waals surface area contributed by atoms with Crippen LogP contribution >= 0.6 is 15.9 Å². The molecule has 0 aromatic heterocycles. The van der Waals surface area contributed by atoms with Crippen molar-refractivity contribution in [1.82, 2.24) is 0 Å². The van der Waals surface area contributed by atoms with E-state index in [4.69, 9.17) is 18.9 Å². The zero-order valence-electron chi connectivity index (χ0n) is 14.9. The Hall–Kier alpha value is -2.73. The topological polar surface area (TPSA) is 54.0 Å². The van der Waals surface area contributed by atoms with Crippen molar-refractivity contribution in [2.45, 2.75) is 0 Å². The Kier molecular flexibility index (Phi) is 4.66. The van der Waals surface area contributed by atoms with Crippen LogP contribution in [0.4, 0.5) is 0 Å². The van der Waals surface area contributed by atoms with Crippen molar-refractivity contribution in [3.63, 3.8) is 0 Å². The lowest BCUT2D eigenvalue weighted by Gasteiger charge is -2.19. The maximum absolute atomic E-state index is 12.2. The molecule has 138 valence electrons. The van der Waals surface area contributed by atoms with Gasteiger partial charge in [0.15, 0.2) is 11.5 Å². The summed E-state index contributed by atoms with van der Waals surface area (Å²) >= 11 is 3.55.